The molecule has 0 saturated heterocycles. The number of ether oxygens (including phenoxy) is 1. The van der Waals surface area contributed by atoms with Crippen LogP contribution in [0.5, 0.6) is 0 Å². The van der Waals surface area contributed by atoms with Crippen LogP contribution in [0, 0.1) is 16.7 Å². The van der Waals surface area contributed by atoms with Gasteiger partial charge in [-0.3, -0.25) is 0 Å². The third-order valence-electron chi connectivity index (χ3n) is 7.71. The first kappa shape index (κ1) is 47.6. The zero-order valence-corrected chi connectivity index (χ0v) is 25.8. The van der Waals surface area contributed by atoms with E-state index in [2.05, 4.69) is 4.74 Å². The van der Waals surface area contributed by atoms with E-state index in [1.165, 1.54) is 5.32 Å². The molecule has 1 unspecified atom stereocenters. The molecule has 1 N–H and O–H groups in total. The minimum absolute atomic E-state index is 0.380. The van der Waals surface area contributed by atoms with Gasteiger partial charge in [0.15, 0.2) is 6.61 Å². The topological polar surface area (TPSA) is 38.3 Å². The van der Waals surface area contributed by atoms with Gasteiger partial charge in [0.2, 0.25) is 0 Å². The Morgan fingerprint density at radius 3 is 1.33 bits per heavy atom. The van der Waals surface area contributed by atoms with Crippen molar-refractivity contribution in [3.63, 3.8) is 0 Å². The smallest absolute Gasteiger partial charge is 0.407 e. The predicted octanol–water partition coefficient (Wildman–Crippen LogP) is 10.8. The van der Waals surface area contributed by atoms with Crippen LogP contribution >= 0.6 is 0 Å². The summed E-state index contributed by atoms with van der Waals surface area (Å²) in [5.74, 6) is -75.3. The summed E-state index contributed by atoms with van der Waals surface area (Å²) in [5, 5.41) is 1.43. The monoisotopic (exact) mass is 826 g/mol. The maximum atomic E-state index is 14.6. The number of amides is 1. The van der Waals surface area contributed by atoms with Crippen molar-refractivity contribution in [2.75, 3.05) is 13.2 Å². The average molecular weight is 826 g/mol. The van der Waals surface area contributed by atoms with Crippen molar-refractivity contribution >= 4 is 6.09 Å². The number of halogens is 24. The van der Waals surface area contributed by atoms with Gasteiger partial charge in [0.05, 0.1) is 0 Å². The molecule has 309 valence electrons. The molecule has 1 rings (SSSR count). The maximum absolute atomic E-state index is 14.6. The second kappa shape index (κ2) is 13.7. The molecule has 0 aromatic carbocycles. The highest BCUT2D eigenvalue weighted by Crippen LogP contribution is 2.62. The number of hydrogen-bond donors (Lipinski definition) is 1. The summed E-state index contributed by atoms with van der Waals surface area (Å²) in [5.41, 5.74) is -3.31. The van der Waals surface area contributed by atoms with E-state index in [9.17, 15) is 110 Å². The molecule has 0 aliphatic heterocycles. The second-order valence-corrected chi connectivity index (χ2v) is 13.1. The van der Waals surface area contributed by atoms with Crippen molar-refractivity contribution in [2.45, 2.75) is 119 Å². The normalized spacial score (nSPS) is 21.2. The first-order valence-corrected chi connectivity index (χ1v) is 13.6. The molecule has 1 saturated carbocycles. The van der Waals surface area contributed by atoms with Crippen molar-refractivity contribution in [1.29, 1.82) is 0 Å². The molecule has 1 amide bonds. The number of alkyl carbamates (subject to hydrolysis) is 1. The lowest BCUT2D eigenvalue weighted by Crippen LogP contribution is -2.69. The molecule has 1 aliphatic rings. The quantitative estimate of drug-likeness (QED) is 0.158. The molecule has 27 heteroatoms. The third-order valence-corrected chi connectivity index (χ3v) is 7.71. The highest BCUT2D eigenvalue weighted by Gasteiger charge is 2.89. The molecule has 0 spiro atoms. The lowest BCUT2D eigenvalue weighted by Gasteiger charge is -2.48. The van der Waals surface area contributed by atoms with E-state index in [1.807, 2.05) is 0 Å². The molecule has 0 aromatic rings. The Bertz CT molecular complexity index is 1260. The Kier molecular flexibility index (Phi) is 12.6. The molecule has 0 bridgehead atoms. The minimum Gasteiger partial charge on any atom is -0.443 e. The van der Waals surface area contributed by atoms with Crippen molar-refractivity contribution in [1.82, 2.24) is 5.32 Å². The number of alkyl halides is 24. The molecule has 0 aromatic heterocycles. The Morgan fingerprint density at radius 1 is 0.596 bits per heavy atom. The van der Waals surface area contributed by atoms with Gasteiger partial charge >= 0.3 is 78.2 Å². The lowest BCUT2D eigenvalue weighted by molar-refractivity contribution is -0.414. The van der Waals surface area contributed by atoms with E-state index in [0.29, 0.717) is 0 Å². The Hall–Kier alpha value is -2.41. The van der Waals surface area contributed by atoms with Crippen LogP contribution in [0.2, 0.25) is 0 Å². The lowest BCUT2D eigenvalue weighted by atomic mass is 9.59. The van der Waals surface area contributed by atoms with Crippen LogP contribution in [0.25, 0.3) is 0 Å². The summed E-state index contributed by atoms with van der Waals surface area (Å²) in [6.45, 7) is -1.32. The third kappa shape index (κ3) is 7.87. The Balaban J connectivity index is 3.19. The zero-order chi connectivity index (χ0) is 42.0. The fraction of sp³-hybridized carbons (Fsp3) is 0.920. The number of nitrogens with one attached hydrogen (secondary N) is 1. The van der Waals surface area contributed by atoms with E-state index >= 15 is 0 Å². The molecule has 3 nitrogen and oxygen atoms in total. The fourth-order valence-corrected chi connectivity index (χ4v) is 5.43. The van der Waals surface area contributed by atoms with Gasteiger partial charge in [-0.2, -0.15) is 87.8 Å². The van der Waals surface area contributed by atoms with E-state index in [-0.39, 0.29) is 6.42 Å². The number of hydrogen-bond acceptors (Lipinski definition) is 2. The Labute approximate surface area is 275 Å². The highest BCUT2D eigenvalue weighted by molar-refractivity contribution is 5.67. The molecule has 0 heterocycles. The van der Waals surface area contributed by atoms with Crippen molar-refractivity contribution in [3.8, 4) is 0 Å². The number of rotatable bonds is 16. The molecule has 1 fully saturated rings. The summed E-state index contributed by atoms with van der Waals surface area (Å²) >= 11 is 0. The van der Waals surface area contributed by atoms with Crippen LogP contribution in [0.3, 0.4) is 0 Å². The predicted molar refractivity (Wildman–Crippen MR) is 124 cm³/mol. The van der Waals surface area contributed by atoms with Gasteiger partial charge in [-0.25, -0.2) is 22.4 Å². The summed E-state index contributed by atoms with van der Waals surface area (Å²) in [6.07, 6.45) is -18.8. The first-order valence-electron chi connectivity index (χ1n) is 13.6. The summed E-state index contributed by atoms with van der Waals surface area (Å²) in [6, 6.07) is 0. The van der Waals surface area contributed by atoms with Gasteiger partial charge in [0, 0.05) is 13.0 Å². The largest absolute Gasteiger partial charge is 0.443 e. The highest BCUT2D eigenvalue weighted by atomic mass is 19.4. The van der Waals surface area contributed by atoms with Gasteiger partial charge in [-0.05, 0) is 36.0 Å². The molecule has 1 aliphatic carbocycles. The van der Waals surface area contributed by atoms with Gasteiger partial charge in [0.25, 0.3) is 0 Å². The van der Waals surface area contributed by atoms with Crippen molar-refractivity contribution in [3.05, 3.63) is 5.92 Å². The maximum Gasteiger partial charge on any atom is 0.407 e. The van der Waals surface area contributed by atoms with Crippen LogP contribution in [0.15, 0.2) is 0 Å². The first-order chi connectivity index (χ1) is 22.5. The summed E-state index contributed by atoms with van der Waals surface area (Å²) in [7, 11) is 0. The van der Waals surface area contributed by atoms with Crippen molar-refractivity contribution in [2.24, 2.45) is 10.8 Å². The molecule has 52 heavy (non-hydrogen) atoms. The van der Waals surface area contributed by atoms with Crippen LogP contribution in [-0.4, -0.2) is 91.3 Å². The number of carbonyl (C=O) groups excluding carboxylic acids is 1. The van der Waals surface area contributed by atoms with Gasteiger partial charge in [-0.1, -0.05) is 20.8 Å². The van der Waals surface area contributed by atoms with E-state index in [1.54, 1.807) is 0 Å². The van der Waals surface area contributed by atoms with Crippen LogP contribution in [0.1, 0.15) is 46.5 Å². The minimum atomic E-state index is -7.96. The Morgan fingerprint density at radius 2 is 0.962 bits per heavy atom. The zero-order valence-electron chi connectivity index (χ0n) is 25.8. The van der Waals surface area contributed by atoms with Gasteiger partial charge in [0.1, 0.15) is 0 Å². The standard InChI is InChI=1S/C25H24F24NO2/c1-14(2)4-10(6-16(30,31)20(38,39)24(46,47)22(42,43)18(34,35)11(26)27)5-15(3,7-14)8-50-13(51)52-9-17(32,33)21(40,41)25(48,49)23(44,45)19(36,37)12(28)29/h11-12H,4-9H2,1-3H3,(H,50,51). The van der Waals surface area contributed by atoms with Crippen molar-refractivity contribution < 1.29 is 115 Å². The van der Waals surface area contributed by atoms with Crippen LogP contribution in [0.4, 0.5) is 110 Å². The molecular formula is C25H24F24NO2. The second-order valence-electron chi connectivity index (χ2n) is 13.1. The summed E-state index contributed by atoms with van der Waals surface area (Å²) in [4.78, 5) is 11.9. The van der Waals surface area contributed by atoms with E-state index < -0.39 is 127 Å². The number of carbonyl (C=O) groups is 1. The molecule has 1 radical (unpaired) electrons. The van der Waals surface area contributed by atoms with Gasteiger partial charge in [-0.15, -0.1) is 0 Å². The fourth-order valence-electron chi connectivity index (χ4n) is 5.43. The van der Waals surface area contributed by atoms with Crippen LogP contribution in [-0.2, 0) is 4.74 Å². The molecule has 1 atom stereocenters. The van der Waals surface area contributed by atoms with E-state index in [0.717, 1.165) is 20.8 Å². The van der Waals surface area contributed by atoms with Crippen LogP contribution < -0.4 is 5.32 Å². The SMILES string of the molecule is CC1(C)C[C](CC(F)(F)C(F)(F)C(F)(F)C(F)(F)C(F)(F)C(F)F)CC(C)(CNC(=O)OCC(F)(F)C(F)(F)C(F)(F)C(F)(F)C(F)(F)C(F)F)C1. The van der Waals surface area contributed by atoms with Gasteiger partial charge < -0.3 is 10.1 Å². The average Bonchev–Trinajstić information content (AvgIpc) is 2.92. The summed E-state index contributed by atoms with van der Waals surface area (Å²) < 4.78 is 326. The molecular weight excluding hydrogens is 802 g/mol. The van der Waals surface area contributed by atoms with E-state index in [4.69, 9.17) is 0 Å².